The first-order valence-corrected chi connectivity index (χ1v) is 7.99. The fourth-order valence-corrected chi connectivity index (χ4v) is 2.75. The van der Waals surface area contributed by atoms with Gasteiger partial charge in [-0.2, -0.15) is 0 Å². The number of aryl methyl sites for hydroxylation is 2. The molecule has 1 N–H and O–H groups in total. The molecule has 4 nitrogen and oxygen atoms in total. The van der Waals surface area contributed by atoms with Crippen molar-refractivity contribution < 1.29 is 9.18 Å². The van der Waals surface area contributed by atoms with Gasteiger partial charge < -0.3 is 5.32 Å². The number of pyridine rings is 2. The minimum atomic E-state index is -0.568. The molecule has 0 aliphatic rings. The Labute approximate surface area is 149 Å². The molecule has 0 atom stereocenters. The lowest BCUT2D eigenvalue weighted by atomic mass is 10.1. The largest absolute Gasteiger partial charge is 0.307 e. The van der Waals surface area contributed by atoms with Crippen LogP contribution in [0, 0.1) is 19.7 Å². The second-order valence-corrected chi connectivity index (χ2v) is 6.06. The molecule has 0 spiro atoms. The molecule has 0 radical (unpaired) electrons. The van der Waals surface area contributed by atoms with Crippen molar-refractivity contribution in [3.8, 4) is 11.3 Å². The van der Waals surface area contributed by atoms with Crippen LogP contribution in [-0.2, 0) is 0 Å². The average Bonchev–Trinajstić information content (AvgIpc) is 2.54. The zero-order valence-corrected chi connectivity index (χ0v) is 14.4. The number of amides is 1. The van der Waals surface area contributed by atoms with Crippen molar-refractivity contribution in [2.45, 2.75) is 13.8 Å². The van der Waals surface area contributed by atoms with Gasteiger partial charge in [-0.1, -0.05) is 11.6 Å². The van der Waals surface area contributed by atoms with Crippen molar-refractivity contribution in [1.82, 2.24) is 9.97 Å². The van der Waals surface area contributed by atoms with Gasteiger partial charge in [0.1, 0.15) is 11.6 Å². The number of carbonyl (C=O) groups excluding carboxylic acids is 1. The van der Waals surface area contributed by atoms with Crippen molar-refractivity contribution in [3.63, 3.8) is 0 Å². The second-order valence-electron chi connectivity index (χ2n) is 5.65. The molecule has 3 aromatic rings. The standard InChI is InChI=1S/C19H15ClFN3O/c1-11-8-12(2)23-17(9-11)24-19(25)13-5-6-14(16(21)10-13)18-15(20)4-3-7-22-18/h3-10H,1-2H3,(H,23,24,25). The lowest BCUT2D eigenvalue weighted by Crippen LogP contribution is -2.13. The molecule has 0 fully saturated rings. The molecule has 1 amide bonds. The molecule has 25 heavy (non-hydrogen) atoms. The van der Waals surface area contributed by atoms with Crippen LogP contribution in [0.15, 0.2) is 48.7 Å². The Morgan fingerprint density at radius 3 is 2.64 bits per heavy atom. The average molecular weight is 356 g/mol. The van der Waals surface area contributed by atoms with Gasteiger partial charge in [0.2, 0.25) is 0 Å². The summed E-state index contributed by atoms with van der Waals surface area (Å²) in [5, 5.41) is 3.02. The van der Waals surface area contributed by atoms with E-state index in [4.69, 9.17) is 11.6 Å². The van der Waals surface area contributed by atoms with E-state index in [9.17, 15) is 9.18 Å². The maximum atomic E-state index is 14.4. The number of nitrogens with zero attached hydrogens (tertiary/aromatic N) is 2. The quantitative estimate of drug-likeness (QED) is 0.733. The van der Waals surface area contributed by atoms with Crippen LogP contribution >= 0.6 is 11.6 Å². The summed E-state index contributed by atoms with van der Waals surface area (Å²) in [7, 11) is 0. The predicted octanol–water partition coefficient (Wildman–Crippen LogP) is 4.81. The van der Waals surface area contributed by atoms with Gasteiger partial charge in [0.25, 0.3) is 5.91 Å². The van der Waals surface area contributed by atoms with Crippen LogP contribution in [0.5, 0.6) is 0 Å². The van der Waals surface area contributed by atoms with E-state index in [0.29, 0.717) is 16.5 Å². The van der Waals surface area contributed by atoms with Gasteiger partial charge in [-0.25, -0.2) is 9.37 Å². The molecule has 126 valence electrons. The summed E-state index contributed by atoms with van der Waals surface area (Å²) in [6.45, 7) is 3.75. The minimum Gasteiger partial charge on any atom is -0.307 e. The van der Waals surface area contributed by atoms with Crippen molar-refractivity contribution in [2.75, 3.05) is 5.32 Å². The molecule has 2 heterocycles. The third-order valence-corrected chi connectivity index (χ3v) is 3.89. The number of benzene rings is 1. The molecule has 3 rings (SSSR count). The zero-order chi connectivity index (χ0) is 18.0. The zero-order valence-electron chi connectivity index (χ0n) is 13.7. The molecule has 0 bridgehead atoms. The molecule has 2 aromatic heterocycles. The summed E-state index contributed by atoms with van der Waals surface area (Å²) >= 11 is 6.05. The fourth-order valence-electron chi connectivity index (χ4n) is 2.53. The third-order valence-electron chi connectivity index (χ3n) is 3.58. The molecule has 0 aliphatic heterocycles. The molecule has 6 heteroatoms. The summed E-state index contributed by atoms with van der Waals surface area (Å²) in [4.78, 5) is 20.7. The first kappa shape index (κ1) is 17.0. The molecule has 1 aromatic carbocycles. The Balaban J connectivity index is 1.87. The minimum absolute atomic E-state index is 0.189. The van der Waals surface area contributed by atoms with Gasteiger partial charge in [0.05, 0.1) is 10.7 Å². The van der Waals surface area contributed by atoms with E-state index in [-0.39, 0.29) is 11.1 Å². The predicted molar refractivity (Wildman–Crippen MR) is 96.3 cm³/mol. The van der Waals surface area contributed by atoms with Crippen molar-refractivity contribution in [1.29, 1.82) is 0 Å². The molecule has 0 aliphatic carbocycles. The number of halogens is 2. The van der Waals surface area contributed by atoms with E-state index < -0.39 is 11.7 Å². The summed E-state index contributed by atoms with van der Waals surface area (Å²) in [5.74, 6) is -0.573. The number of aromatic nitrogens is 2. The number of nitrogens with one attached hydrogen (secondary N) is 1. The Morgan fingerprint density at radius 2 is 1.96 bits per heavy atom. The van der Waals surface area contributed by atoms with Gasteiger partial charge in [0, 0.05) is 23.0 Å². The Bertz CT molecular complexity index is 939. The Morgan fingerprint density at radius 1 is 1.16 bits per heavy atom. The normalized spacial score (nSPS) is 10.6. The van der Waals surface area contributed by atoms with Gasteiger partial charge in [-0.15, -0.1) is 0 Å². The highest BCUT2D eigenvalue weighted by atomic mass is 35.5. The third kappa shape index (κ3) is 3.83. The lowest BCUT2D eigenvalue weighted by molar-refractivity contribution is 0.102. The smallest absolute Gasteiger partial charge is 0.256 e. The Kier molecular flexibility index (Phi) is 4.76. The number of carbonyl (C=O) groups is 1. The summed E-state index contributed by atoms with van der Waals surface area (Å²) in [6, 6.07) is 11.1. The van der Waals surface area contributed by atoms with E-state index in [1.54, 1.807) is 18.2 Å². The van der Waals surface area contributed by atoms with Crippen LogP contribution in [0.3, 0.4) is 0 Å². The van der Waals surface area contributed by atoms with E-state index in [2.05, 4.69) is 15.3 Å². The number of hydrogen-bond donors (Lipinski definition) is 1. The van der Waals surface area contributed by atoms with Crippen LogP contribution in [0.1, 0.15) is 21.6 Å². The van der Waals surface area contributed by atoms with Crippen molar-refractivity contribution >= 4 is 23.3 Å². The monoisotopic (exact) mass is 355 g/mol. The first-order valence-electron chi connectivity index (χ1n) is 7.61. The van der Waals surface area contributed by atoms with E-state index >= 15 is 0 Å². The van der Waals surface area contributed by atoms with E-state index in [1.165, 1.54) is 24.4 Å². The van der Waals surface area contributed by atoms with Crippen LogP contribution < -0.4 is 5.32 Å². The number of rotatable bonds is 3. The van der Waals surface area contributed by atoms with E-state index in [1.807, 2.05) is 19.9 Å². The van der Waals surface area contributed by atoms with E-state index in [0.717, 1.165) is 11.3 Å². The maximum absolute atomic E-state index is 14.4. The van der Waals surface area contributed by atoms with Gasteiger partial charge in [-0.3, -0.25) is 9.78 Å². The molecular weight excluding hydrogens is 341 g/mol. The molecular formula is C19H15ClFN3O. The second kappa shape index (κ2) is 6.99. The van der Waals surface area contributed by atoms with Crippen molar-refractivity contribution in [2.24, 2.45) is 0 Å². The van der Waals surface area contributed by atoms with Crippen LogP contribution in [-0.4, -0.2) is 15.9 Å². The molecule has 0 saturated carbocycles. The highest BCUT2D eigenvalue weighted by Crippen LogP contribution is 2.28. The van der Waals surface area contributed by atoms with Crippen LogP contribution in [0.4, 0.5) is 10.2 Å². The fraction of sp³-hybridized carbons (Fsp3) is 0.105. The topological polar surface area (TPSA) is 54.9 Å². The lowest BCUT2D eigenvalue weighted by Gasteiger charge is -2.09. The molecule has 0 unspecified atom stereocenters. The highest BCUT2D eigenvalue weighted by molar-refractivity contribution is 6.33. The SMILES string of the molecule is Cc1cc(C)nc(NC(=O)c2ccc(-c3ncccc3Cl)c(F)c2)c1. The summed E-state index contributed by atoms with van der Waals surface area (Å²) in [5.41, 5.74) is 2.54. The van der Waals surface area contributed by atoms with Gasteiger partial charge in [0.15, 0.2) is 0 Å². The molecule has 0 saturated heterocycles. The number of hydrogen-bond acceptors (Lipinski definition) is 3. The Hall–Kier alpha value is -2.79. The number of anilines is 1. The van der Waals surface area contributed by atoms with Gasteiger partial charge >= 0.3 is 0 Å². The van der Waals surface area contributed by atoms with Crippen molar-refractivity contribution in [3.05, 3.63) is 76.3 Å². The summed E-state index contributed by atoms with van der Waals surface area (Å²) in [6.07, 6.45) is 1.53. The first-order chi connectivity index (χ1) is 11.9. The highest BCUT2D eigenvalue weighted by Gasteiger charge is 2.14. The van der Waals surface area contributed by atoms with Crippen LogP contribution in [0.25, 0.3) is 11.3 Å². The maximum Gasteiger partial charge on any atom is 0.256 e. The van der Waals surface area contributed by atoms with Crippen LogP contribution in [0.2, 0.25) is 5.02 Å². The summed E-state index contributed by atoms with van der Waals surface area (Å²) < 4.78 is 14.4. The van der Waals surface area contributed by atoms with Gasteiger partial charge in [-0.05, 0) is 61.9 Å².